The molecule has 1 N–H and O–H groups in total. The van der Waals surface area contributed by atoms with Crippen LogP contribution < -0.4 is 4.72 Å². The largest absolute Gasteiger partial charge is 0.240 e. The molecule has 0 radical (unpaired) electrons. The third-order valence-electron chi connectivity index (χ3n) is 6.71. The zero-order valence-corrected chi connectivity index (χ0v) is 17.8. The van der Waals surface area contributed by atoms with E-state index in [1.54, 1.807) is 12.1 Å². The van der Waals surface area contributed by atoms with Gasteiger partial charge in [-0.2, -0.15) is 0 Å². The molecule has 1 aromatic carbocycles. The van der Waals surface area contributed by atoms with E-state index in [1.165, 1.54) is 70.6 Å². The number of benzene rings is 1. The summed E-state index contributed by atoms with van der Waals surface area (Å²) in [5.41, 5.74) is 1.09. The molecule has 1 unspecified atom stereocenters. The van der Waals surface area contributed by atoms with E-state index in [-0.39, 0.29) is 6.04 Å². The third kappa shape index (κ3) is 6.32. The van der Waals surface area contributed by atoms with Crippen LogP contribution in [0.5, 0.6) is 0 Å². The second-order valence-electron chi connectivity index (χ2n) is 8.87. The summed E-state index contributed by atoms with van der Waals surface area (Å²) in [5, 5.41) is 0. The Morgan fingerprint density at radius 3 is 2.15 bits per heavy atom. The zero-order chi connectivity index (χ0) is 19.1. The van der Waals surface area contributed by atoms with Gasteiger partial charge in [-0.1, -0.05) is 81.9 Å². The van der Waals surface area contributed by atoms with Crippen molar-refractivity contribution in [2.24, 2.45) is 11.8 Å². The number of sulfonamides is 1. The van der Waals surface area contributed by atoms with Crippen molar-refractivity contribution in [1.82, 2.24) is 4.72 Å². The lowest BCUT2D eigenvalue weighted by Crippen LogP contribution is -2.41. The van der Waals surface area contributed by atoms with E-state index >= 15 is 0 Å². The predicted octanol–water partition coefficient (Wildman–Crippen LogP) is 5.97. The Morgan fingerprint density at radius 1 is 0.926 bits per heavy atom. The van der Waals surface area contributed by atoms with E-state index in [4.69, 9.17) is 0 Å². The van der Waals surface area contributed by atoms with Gasteiger partial charge in [0.05, 0.1) is 4.90 Å². The highest BCUT2D eigenvalue weighted by molar-refractivity contribution is 7.89. The lowest BCUT2D eigenvalue weighted by Gasteiger charge is -2.31. The topological polar surface area (TPSA) is 46.2 Å². The van der Waals surface area contributed by atoms with Gasteiger partial charge in [-0.25, -0.2) is 13.1 Å². The smallest absolute Gasteiger partial charge is 0.208 e. The molecule has 0 bridgehead atoms. The molecule has 0 spiro atoms. The van der Waals surface area contributed by atoms with Gasteiger partial charge in [0, 0.05) is 6.04 Å². The normalized spacial score (nSPS) is 21.2. The average Bonchev–Trinajstić information content (AvgIpc) is 2.69. The van der Waals surface area contributed by atoms with Crippen molar-refractivity contribution in [2.45, 2.75) is 101 Å². The van der Waals surface area contributed by atoms with Crippen molar-refractivity contribution in [3.05, 3.63) is 29.8 Å². The summed E-state index contributed by atoms with van der Waals surface area (Å²) in [4.78, 5) is 0.404. The fourth-order valence-corrected chi connectivity index (χ4v) is 6.35. The Hall–Kier alpha value is -0.870. The Balaban J connectivity index is 1.62. The van der Waals surface area contributed by atoms with Crippen molar-refractivity contribution in [2.75, 3.05) is 0 Å². The monoisotopic (exact) mass is 391 g/mol. The quantitative estimate of drug-likeness (QED) is 0.593. The molecule has 0 saturated heterocycles. The van der Waals surface area contributed by atoms with E-state index < -0.39 is 10.0 Å². The van der Waals surface area contributed by atoms with Crippen molar-refractivity contribution >= 4 is 10.0 Å². The van der Waals surface area contributed by atoms with Crippen molar-refractivity contribution in [1.29, 1.82) is 0 Å². The molecule has 27 heavy (non-hydrogen) atoms. The average molecular weight is 392 g/mol. The molecule has 1 atom stereocenters. The first-order valence-corrected chi connectivity index (χ1v) is 12.6. The molecule has 1 aromatic rings. The summed E-state index contributed by atoms with van der Waals surface area (Å²) in [7, 11) is -3.43. The SMILES string of the molecule is Cc1ccc(S(=O)(=O)NC(CCCC2CCCCC2)C2CCCCC2)cc1. The van der Waals surface area contributed by atoms with Crippen LogP contribution in [0.2, 0.25) is 0 Å². The Labute approximate surface area is 166 Å². The van der Waals surface area contributed by atoms with E-state index in [2.05, 4.69) is 4.72 Å². The number of aryl methyl sites for hydroxylation is 1. The second-order valence-corrected chi connectivity index (χ2v) is 10.6. The van der Waals surface area contributed by atoms with E-state index in [1.807, 2.05) is 19.1 Å². The van der Waals surface area contributed by atoms with Gasteiger partial charge in [0.15, 0.2) is 0 Å². The fourth-order valence-electron chi connectivity index (χ4n) is 5.01. The van der Waals surface area contributed by atoms with Crippen LogP contribution in [-0.4, -0.2) is 14.5 Å². The maximum Gasteiger partial charge on any atom is 0.240 e. The fraction of sp³-hybridized carbons (Fsp3) is 0.739. The van der Waals surface area contributed by atoms with Crippen LogP contribution >= 0.6 is 0 Å². The predicted molar refractivity (Wildman–Crippen MR) is 112 cm³/mol. The van der Waals surface area contributed by atoms with Crippen LogP contribution in [0.4, 0.5) is 0 Å². The molecule has 152 valence electrons. The molecular weight excluding hydrogens is 354 g/mol. The molecule has 2 fully saturated rings. The number of rotatable bonds is 8. The van der Waals surface area contributed by atoms with E-state index in [0.717, 1.165) is 24.3 Å². The number of nitrogens with one attached hydrogen (secondary N) is 1. The first-order chi connectivity index (χ1) is 13.0. The summed E-state index contributed by atoms with van der Waals surface area (Å²) >= 11 is 0. The van der Waals surface area contributed by atoms with Crippen molar-refractivity contribution in [3.8, 4) is 0 Å². The van der Waals surface area contributed by atoms with Crippen molar-refractivity contribution in [3.63, 3.8) is 0 Å². The van der Waals surface area contributed by atoms with Crippen LogP contribution in [0.25, 0.3) is 0 Å². The molecule has 0 amide bonds. The van der Waals surface area contributed by atoms with Gasteiger partial charge >= 0.3 is 0 Å². The molecule has 3 rings (SSSR count). The van der Waals surface area contributed by atoms with Gasteiger partial charge in [0.1, 0.15) is 0 Å². The summed E-state index contributed by atoms with van der Waals surface area (Å²) in [6, 6.07) is 7.33. The second kappa shape index (κ2) is 10.1. The Morgan fingerprint density at radius 2 is 1.52 bits per heavy atom. The highest BCUT2D eigenvalue weighted by Crippen LogP contribution is 2.32. The number of hydrogen-bond acceptors (Lipinski definition) is 2. The minimum absolute atomic E-state index is 0.0974. The molecule has 2 aliphatic rings. The Bertz CT molecular complexity index is 656. The highest BCUT2D eigenvalue weighted by Gasteiger charge is 2.28. The summed E-state index contributed by atoms with van der Waals surface area (Å²) < 4.78 is 29.0. The van der Waals surface area contributed by atoms with Gasteiger partial charge in [-0.05, 0) is 50.2 Å². The van der Waals surface area contributed by atoms with Crippen molar-refractivity contribution < 1.29 is 8.42 Å². The maximum atomic E-state index is 13.0. The number of hydrogen-bond donors (Lipinski definition) is 1. The van der Waals surface area contributed by atoms with Crippen LogP contribution in [0.15, 0.2) is 29.2 Å². The third-order valence-corrected chi connectivity index (χ3v) is 8.21. The molecule has 2 aliphatic carbocycles. The lowest BCUT2D eigenvalue weighted by atomic mass is 9.81. The summed E-state index contributed by atoms with van der Waals surface area (Å²) in [6.07, 6.45) is 16.5. The molecule has 0 heterocycles. The minimum atomic E-state index is -3.43. The van der Waals surface area contributed by atoms with Gasteiger partial charge < -0.3 is 0 Å². The molecule has 0 aromatic heterocycles. The first kappa shape index (κ1) is 20.9. The van der Waals surface area contributed by atoms with Gasteiger partial charge in [-0.15, -0.1) is 0 Å². The lowest BCUT2D eigenvalue weighted by molar-refractivity contribution is 0.263. The summed E-state index contributed by atoms with van der Waals surface area (Å²) in [5.74, 6) is 1.38. The van der Waals surface area contributed by atoms with Crippen LogP contribution in [-0.2, 0) is 10.0 Å². The van der Waals surface area contributed by atoms with Crippen LogP contribution in [0, 0.1) is 18.8 Å². The molecular formula is C23H37NO2S. The van der Waals surface area contributed by atoms with Crippen LogP contribution in [0.1, 0.15) is 89.0 Å². The highest BCUT2D eigenvalue weighted by atomic mass is 32.2. The van der Waals surface area contributed by atoms with Gasteiger partial charge in [0.25, 0.3) is 0 Å². The molecule has 0 aliphatic heterocycles. The van der Waals surface area contributed by atoms with Gasteiger partial charge in [-0.3, -0.25) is 0 Å². The van der Waals surface area contributed by atoms with E-state index in [9.17, 15) is 8.42 Å². The molecule has 3 nitrogen and oxygen atoms in total. The van der Waals surface area contributed by atoms with Gasteiger partial charge in [0.2, 0.25) is 10.0 Å². The molecule has 2 saturated carbocycles. The zero-order valence-electron chi connectivity index (χ0n) is 17.0. The minimum Gasteiger partial charge on any atom is -0.208 e. The standard InChI is InChI=1S/C23H37NO2S/c1-19-15-17-22(18-16-19)27(25,26)24-23(21-12-6-3-7-13-21)14-8-11-20-9-4-2-5-10-20/h15-18,20-21,23-24H,2-14H2,1H3. The first-order valence-electron chi connectivity index (χ1n) is 11.1. The maximum absolute atomic E-state index is 13.0. The Kier molecular flexibility index (Phi) is 7.77. The molecule has 4 heteroatoms. The van der Waals surface area contributed by atoms with Crippen LogP contribution in [0.3, 0.4) is 0 Å². The summed E-state index contributed by atoms with van der Waals surface area (Å²) in [6.45, 7) is 1.99. The van der Waals surface area contributed by atoms with E-state index in [0.29, 0.717) is 10.8 Å².